The Labute approximate surface area is 346 Å². The molecule has 0 aliphatic carbocycles. The molecule has 55 heavy (non-hydrogen) atoms. The Morgan fingerprint density at radius 3 is 1.75 bits per heavy atom. The van der Waals surface area contributed by atoms with Gasteiger partial charge >= 0.3 is 0 Å². The lowest BCUT2D eigenvalue weighted by atomic mass is 9.73. The van der Waals surface area contributed by atoms with Crippen molar-refractivity contribution in [3.63, 3.8) is 0 Å². The molecule has 318 valence electrons. The molecule has 0 unspecified atom stereocenters. The van der Waals surface area contributed by atoms with Crippen LogP contribution < -0.4 is 0 Å². The van der Waals surface area contributed by atoms with Crippen LogP contribution in [0.25, 0.3) is 6.08 Å². The van der Waals surface area contributed by atoms with Crippen molar-refractivity contribution in [2.24, 2.45) is 17.3 Å². The molecular weight excluding hydrogens is 751 g/mol. The second-order valence-electron chi connectivity index (χ2n) is 21.7. The van der Waals surface area contributed by atoms with Crippen LogP contribution in [0.2, 0.25) is 54.4 Å². The molecular formula is C45H85NO5SSi3. The van der Waals surface area contributed by atoms with Crippen molar-refractivity contribution >= 4 is 54.4 Å². The molecule has 0 N–H and O–H groups in total. The number of allylic oxidation sites excluding steroid dienone is 1. The molecule has 0 fully saturated rings. The Morgan fingerprint density at radius 1 is 0.800 bits per heavy atom. The fraction of sp³-hybridized carbons (Fsp3) is 0.800. The molecule has 10 heteroatoms. The number of aldehydes is 1. The number of carbonyl (C=O) groups excluding carboxylic acids is 2. The number of hydrogen-bond acceptors (Lipinski definition) is 7. The predicted octanol–water partition coefficient (Wildman–Crippen LogP) is 14.0. The lowest BCUT2D eigenvalue weighted by Crippen LogP contribution is -2.54. The number of aryl methyl sites for hydroxylation is 1. The Balaban J connectivity index is 3.33. The average Bonchev–Trinajstić information content (AvgIpc) is 3.42. The van der Waals surface area contributed by atoms with Gasteiger partial charge in [-0.15, -0.1) is 11.3 Å². The van der Waals surface area contributed by atoms with Crippen LogP contribution in [0.3, 0.4) is 0 Å². The van der Waals surface area contributed by atoms with Gasteiger partial charge in [-0.25, -0.2) is 4.98 Å². The maximum Gasteiger partial charge on any atom is 0.192 e. The van der Waals surface area contributed by atoms with Gasteiger partial charge in [0.2, 0.25) is 0 Å². The molecule has 0 aliphatic heterocycles. The van der Waals surface area contributed by atoms with Gasteiger partial charge in [0.1, 0.15) is 12.1 Å². The van der Waals surface area contributed by atoms with Crippen LogP contribution in [0.5, 0.6) is 0 Å². The first kappa shape index (κ1) is 52.0. The summed E-state index contributed by atoms with van der Waals surface area (Å²) in [6.07, 6.45) is 8.74. The quantitative estimate of drug-likeness (QED) is 0.0697. The number of thiazole rings is 1. The fourth-order valence-electron chi connectivity index (χ4n) is 6.14. The molecule has 6 nitrogen and oxygen atoms in total. The third-order valence-electron chi connectivity index (χ3n) is 13.4. The van der Waals surface area contributed by atoms with Crippen LogP contribution in [0.1, 0.15) is 147 Å². The van der Waals surface area contributed by atoms with Gasteiger partial charge in [0.15, 0.2) is 25.0 Å². The van der Waals surface area contributed by atoms with E-state index in [-0.39, 0.29) is 51.4 Å². The number of nitrogens with zero attached hydrogens (tertiary/aromatic N) is 1. The molecule has 5 atom stereocenters. The molecule has 0 amide bonds. The summed E-state index contributed by atoms with van der Waals surface area (Å²) in [4.78, 5) is 31.4. The second kappa shape index (κ2) is 19.8. The van der Waals surface area contributed by atoms with Gasteiger partial charge in [0.05, 0.1) is 29.0 Å². The van der Waals surface area contributed by atoms with E-state index in [0.717, 1.165) is 42.7 Å². The number of carbonyl (C=O) groups is 2. The molecule has 0 spiro atoms. The summed E-state index contributed by atoms with van der Waals surface area (Å²) >= 11 is 1.68. The van der Waals surface area contributed by atoms with Crippen molar-refractivity contribution in [3.8, 4) is 0 Å². The van der Waals surface area contributed by atoms with E-state index < -0.39 is 36.5 Å². The van der Waals surface area contributed by atoms with Crippen molar-refractivity contribution in [2.75, 3.05) is 0 Å². The van der Waals surface area contributed by atoms with Gasteiger partial charge in [-0.2, -0.15) is 0 Å². The number of hydrogen-bond donors (Lipinski definition) is 0. The van der Waals surface area contributed by atoms with Crippen molar-refractivity contribution < 1.29 is 22.9 Å². The first-order chi connectivity index (χ1) is 24.6. The number of rotatable bonds is 21. The van der Waals surface area contributed by atoms with Crippen LogP contribution in [-0.4, -0.2) is 60.3 Å². The van der Waals surface area contributed by atoms with E-state index in [1.807, 2.05) is 20.8 Å². The largest absolute Gasteiger partial charge is 0.413 e. The third kappa shape index (κ3) is 14.9. The van der Waals surface area contributed by atoms with Gasteiger partial charge in [0.25, 0.3) is 0 Å². The van der Waals surface area contributed by atoms with E-state index in [9.17, 15) is 9.59 Å². The molecule has 0 aliphatic rings. The van der Waals surface area contributed by atoms with Gasteiger partial charge < -0.3 is 18.1 Å². The lowest BCUT2D eigenvalue weighted by Gasteiger charge is -2.46. The van der Waals surface area contributed by atoms with Crippen molar-refractivity contribution in [1.82, 2.24) is 4.98 Å². The molecule has 0 aromatic carbocycles. The van der Waals surface area contributed by atoms with Crippen molar-refractivity contribution in [3.05, 3.63) is 33.3 Å². The smallest absolute Gasteiger partial charge is 0.192 e. The zero-order valence-corrected chi connectivity index (χ0v) is 43.4. The normalized spacial score (nSPS) is 17.5. The van der Waals surface area contributed by atoms with Crippen LogP contribution in [0, 0.1) is 24.2 Å². The number of ketones is 1. The molecule has 0 saturated carbocycles. The molecule has 1 aromatic heterocycles. The summed E-state index contributed by atoms with van der Waals surface area (Å²) in [5.74, 6) is -0.0601. The van der Waals surface area contributed by atoms with Crippen molar-refractivity contribution in [1.29, 1.82) is 0 Å². The highest BCUT2D eigenvalue weighted by Gasteiger charge is 2.49. The van der Waals surface area contributed by atoms with Gasteiger partial charge in [-0.1, -0.05) is 102 Å². The topological polar surface area (TPSA) is 74.7 Å². The fourth-order valence-corrected chi connectivity index (χ4v) is 11.0. The van der Waals surface area contributed by atoms with Crippen LogP contribution in [0.15, 0.2) is 22.6 Å². The minimum Gasteiger partial charge on any atom is -0.413 e. The first-order valence-electron chi connectivity index (χ1n) is 20.9. The second-order valence-corrected chi connectivity index (χ2v) is 37.0. The molecule has 0 saturated heterocycles. The maximum absolute atomic E-state index is 14.7. The highest BCUT2D eigenvalue weighted by atomic mass is 32.1. The summed E-state index contributed by atoms with van der Waals surface area (Å²) in [5.41, 5.74) is 2.73. The van der Waals surface area contributed by atoms with Crippen LogP contribution in [-0.2, 0) is 22.9 Å². The van der Waals surface area contributed by atoms with E-state index in [1.54, 1.807) is 11.3 Å². The summed E-state index contributed by atoms with van der Waals surface area (Å²) in [6, 6.07) is 0. The van der Waals surface area contributed by atoms with E-state index in [4.69, 9.17) is 18.3 Å². The van der Waals surface area contributed by atoms with E-state index >= 15 is 0 Å². The Hall–Kier alpha value is -1.02. The van der Waals surface area contributed by atoms with Gasteiger partial charge in [-0.3, -0.25) is 4.79 Å². The highest BCUT2D eigenvalue weighted by Crippen LogP contribution is 2.44. The maximum atomic E-state index is 14.7. The number of aromatic nitrogens is 1. The summed E-state index contributed by atoms with van der Waals surface area (Å²) < 4.78 is 21.1. The Bertz CT molecular complexity index is 1460. The predicted molar refractivity (Wildman–Crippen MR) is 247 cm³/mol. The Kier molecular flexibility index (Phi) is 18.7. The summed E-state index contributed by atoms with van der Waals surface area (Å²) in [5, 5.41) is 3.27. The zero-order chi connectivity index (χ0) is 43.2. The SMILES string of the molecule is CC(=CC[C@H](O[Si](C)(C)C(C)(C)C)C(C)=Cc1csc(C)n1)CCC[C@H](C)[C@H](O[Si](C)(C)C(C)(C)C)[C@@H](C)C(=O)C(C)(C)[C@H](CC=O)O[Si](C)(C)C(C)(C)C. The lowest BCUT2D eigenvalue weighted by molar-refractivity contribution is -0.141. The first-order valence-corrected chi connectivity index (χ1v) is 30.5. The minimum absolute atomic E-state index is 0.00184. The molecule has 0 radical (unpaired) electrons. The van der Waals surface area contributed by atoms with Gasteiger partial charge in [-0.05, 0) is 118 Å². The monoisotopic (exact) mass is 836 g/mol. The van der Waals surface area contributed by atoms with Crippen LogP contribution >= 0.6 is 11.3 Å². The molecule has 1 heterocycles. The number of Topliss-reactive ketones (excluding diaryl/α,β-unsaturated/α-hetero) is 1. The van der Waals surface area contributed by atoms with Crippen LogP contribution in [0.4, 0.5) is 0 Å². The molecule has 1 aromatic rings. The standard InChI is InChI=1S/C45H85NO5SSi3/c1-32(26-27-38(49-53(17,18)42(6,7)8)34(3)30-37-31-52-36(5)46-37)24-23-25-33(2)40(51-55(21,22)44(12,13)14)35(4)41(48)45(15,16)39(28-29-47)50-54(19,20)43(9,10)11/h26,29-31,33,35,38-40H,23-25,27-28H2,1-22H3/t33-,35+,38-,39-,40-/m0/s1. The van der Waals surface area contributed by atoms with E-state index in [1.165, 1.54) is 11.1 Å². The minimum atomic E-state index is -2.25. The zero-order valence-electron chi connectivity index (χ0n) is 39.6. The summed E-state index contributed by atoms with van der Waals surface area (Å²) in [6.45, 7) is 48.6. The summed E-state index contributed by atoms with van der Waals surface area (Å²) in [7, 11) is -6.49. The Morgan fingerprint density at radius 2 is 1.29 bits per heavy atom. The molecule has 0 bridgehead atoms. The third-order valence-corrected chi connectivity index (χ3v) is 27.6. The van der Waals surface area contributed by atoms with Crippen molar-refractivity contribution in [2.45, 2.75) is 216 Å². The van der Waals surface area contributed by atoms with E-state index in [2.05, 4.69) is 147 Å². The van der Waals surface area contributed by atoms with E-state index in [0.29, 0.717) is 0 Å². The average molecular weight is 837 g/mol. The highest BCUT2D eigenvalue weighted by molar-refractivity contribution is 7.09. The van der Waals surface area contributed by atoms with Gasteiger partial charge in [0, 0.05) is 23.1 Å². The molecule has 1 rings (SSSR count).